The van der Waals surface area contributed by atoms with E-state index in [2.05, 4.69) is 10.3 Å². The number of nitrogens with zero attached hydrogens (tertiary/aromatic N) is 2. The number of fused-ring (bicyclic) bond motifs is 1. The van der Waals surface area contributed by atoms with E-state index in [0.29, 0.717) is 23.1 Å². The fraction of sp³-hybridized carbons (Fsp3) is 0.158. The maximum absolute atomic E-state index is 12.8. The van der Waals surface area contributed by atoms with Crippen molar-refractivity contribution >= 4 is 45.6 Å². The van der Waals surface area contributed by atoms with E-state index in [1.165, 1.54) is 0 Å². The molecule has 0 unspecified atom stereocenters. The zero-order valence-electron chi connectivity index (χ0n) is 13.7. The van der Waals surface area contributed by atoms with E-state index in [4.69, 9.17) is 23.2 Å². The Labute approximate surface area is 156 Å². The lowest BCUT2D eigenvalue weighted by Crippen LogP contribution is -2.32. The number of hydrogen-bond acceptors (Lipinski definition) is 3. The van der Waals surface area contributed by atoms with E-state index in [0.717, 1.165) is 22.0 Å². The highest BCUT2D eigenvalue weighted by molar-refractivity contribution is 6.34. The summed E-state index contributed by atoms with van der Waals surface area (Å²) in [6.45, 7) is 0.313. The molecule has 0 aliphatic carbocycles. The highest BCUT2D eigenvalue weighted by Crippen LogP contribution is 2.27. The first-order valence-corrected chi connectivity index (χ1v) is 8.68. The first-order chi connectivity index (χ1) is 12.1. The predicted molar refractivity (Wildman–Crippen MR) is 103 cm³/mol. The summed E-state index contributed by atoms with van der Waals surface area (Å²) < 4.78 is 0. The molecule has 4 nitrogen and oxygen atoms in total. The van der Waals surface area contributed by atoms with Gasteiger partial charge in [0.15, 0.2) is 0 Å². The van der Waals surface area contributed by atoms with Crippen LogP contribution < -0.4 is 5.32 Å². The molecule has 6 heteroatoms. The number of amides is 1. The van der Waals surface area contributed by atoms with Gasteiger partial charge >= 0.3 is 0 Å². The topological polar surface area (TPSA) is 45.2 Å². The molecular formula is C19H17Cl2N3O. The van der Waals surface area contributed by atoms with Crippen molar-refractivity contribution in [3.63, 3.8) is 0 Å². The number of halogens is 2. The molecular weight excluding hydrogens is 357 g/mol. The van der Waals surface area contributed by atoms with Crippen LogP contribution in [0, 0.1) is 0 Å². The number of carbonyl (C=O) groups is 1. The van der Waals surface area contributed by atoms with Gasteiger partial charge in [-0.15, -0.1) is 11.6 Å². The van der Waals surface area contributed by atoms with Crippen LogP contribution in [-0.4, -0.2) is 29.5 Å². The summed E-state index contributed by atoms with van der Waals surface area (Å²) in [4.78, 5) is 18.5. The van der Waals surface area contributed by atoms with E-state index < -0.39 is 0 Å². The monoisotopic (exact) mass is 373 g/mol. The Morgan fingerprint density at radius 1 is 1.16 bits per heavy atom. The van der Waals surface area contributed by atoms with Gasteiger partial charge in [-0.2, -0.15) is 0 Å². The van der Waals surface area contributed by atoms with E-state index in [1.807, 2.05) is 42.5 Å². The van der Waals surface area contributed by atoms with Gasteiger partial charge in [-0.05, 0) is 17.0 Å². The van der Waals surface area contributed by atoms with Crippen LogP contribution in [0.1, 0.15) is 15.9 Å². The smallest absolute Gasteiger partial charge is 0.257 e. The van der Waals surface area contributed by atoms with Gasteiger partial charge in [0.2, 0.25) is 0 Å². The van der Waals surface area contributed by atoms with Gasteiger partial charge in [0.1, 0.15) is 0 Å². The summed E-state index contributed by atoms with van der Waals surface area (Å²) in [6, 6.07) is 13.3. The fourth-order valence-electron chi connectivity index (χ4n) is 2.59. The second-order valence-corrected chi connectivity index (χ2v) is 6.30. The molecule has 2 aromatic carbocycles. The second kappa shape index (κ2) is 7.72. The molecule has 25 heavy (non-hydrogen) atoms. The van der Waals surface area contributed by atoms with Gasteiger partial charge in [0.25, 0.3) is 5.91 Å². The third-order valence-electron chi connectivity index (χ3n) is 3.97. The van der Waals surface area contributed by atoms with Crippen LogP contribution in [-0.2, 0) is 5.88 Å². The van der Waals surface area contributed by atoms with Crippen molar-refractivity contribution < 1.29 is 4.79 Å². The number of benzene rings is 2. The Kier molecular flexibility index (Phi) is 5.41. The molecule has 3 rings (SSSR count). The van der Waals surface area contributed by atoms with E-state index in [9.17, 15) is 4.79 Å². The zero-order valence-corrected chi connectivity index (χ0v) is 15.2. The average molecular weight is 374 g/mol. The summed E-state index contributed by atoms with van der Waals surface area (Å²) in [5.74, 6) is 0.228. The van der Waals surface area contributed by atoms with Gasteiger partial charge in [-0.3, -0.25) is 9.78 Å². The third-order valence-corrected chi connectivity index (χ3v) is 4.71. The maximum Gasteiger partial charge on any atom is 0.257 e. The van der Waals surface area contributed by atoms with Crippen LogP contribution in [0.3, 0.4) is 0 Å². The molecule has 3 aromatic rings. The molecule has 0 aliphatic rings. The minimum atomic E-state index is -0.110. The summed E-state index contributed by atoms with van der Waals surface area (Å²) >= 11 is 12.2. The van der Waals surface area contributed by atoms with Gasteiger partial charge in [-0.25, -0.2) is 0 Å². The molecule has 0 saturated heterocycles. The lowest BCUT2D eigenvalue weighted by atomic mass is 10.1. The van der Waals surface area contributed by atoms with Crippen molar-refractivity contribution in [2.24, 2.45) is 0 Å². The average Bonchev–Trinajstić information content (AvgIpc) is 2.66. The van der Waals surface area contributed by atoms with Gasteiger partial charge < -0.3 is 10.2 Å². The first-order valence-electron chi connectivity index (χ1n) is 7.77. The molecule has 0 radical (unpaired) electrons. The van der Waals surface area contributed by atoms with E-state index >= 15 is 0 Å². The van der Waals surface area contributed by atoms with Crippen LogP contribution >= 0.6 is 23.2 Å². The Bertz CT molecular complexity index is 909. The Morgan fingerprint density at radius 3 is 2.76 bits per heavy atom. The quantitative estimate of drug-likeness (QED) is 0.517. The number of alkyl halides is 1. The SMILES string of the molecule is CN(CNc1cccc(CCl)c1Cl)C(=O)c1cncc2ccccc12. The molecule has 0 atom stereocenters. The highest BCUT2D eigenvalue weighted by Gasteiger charge is 2.15. The van der Waals surface area contributed by atoms with Gasteiger partial charge in [0.05, 0.1) is 22.9 Å². The minimum Gasteiger partial charge on any atom is -0.366 e. The Hall–Kier alpha value is -2.30. The largest absolute Gasteiger partial charge is 0.366 e. The summed E-state index contributed by atoms with van der Waals surface area (Å²) in [5, 5.41) is 5.58. The van der Waals surface area contributed by atoms with Gasteiger partial charge in [0, 0.05) is 30.7 Å². The molecule has 0 fully saturated rings. The van der Waals surface area contributed by atoms with Crippen LogP contribution in [0.25, 0.3) is 10.8 Å². The summed E-state index contributed by atoms with van der Waals surface area (Å²) in [5.41, 5.74) is 2.17. The number of nitrogens with one attached hydrogen (secondary N) is 1. The second-order valence-electron chi connectivity index (χ2n) is 5.66. The molecule has 0 spiro atoms. The lowest BCUT2D eigenvalue weighted by Gasteiger charge is -2.20. The van der Waals surface area contributed by atoms with Gasteiger partial charge in [-0.1, -0.05) is 48.0 Å². The molecule has 0 bridgehead atoms. The van der Waals surface area contributed by atoms with Crippen molar-refractivity contribution in [1.82, 2.24) is 9.88 Å². The van der Waals surface area contributed by atoms with E-state index in [-0.39, 0.29) is 5.91 Å². The maximum atomic E-state index is 12.8. The molecule has 0 saturated carbocycles. The standard InChI is InChI=1S/C19H17Cl2N3O/c1-24(12-23-17-8-4-6-13(9-20)18(17)21)19(25)16-11-22-10-14-5-2-3-7-15(14)16/h2-8,10-11,23H,9,12H2,1H3. The normalized spacial score (nSPS) is 10.7. The highest BCUT2D eigenvalue weighted by atomic mass is 35.5. The summed E-state index contributed by atoms with van der Waals surface area (Å²) in [7, 11) is 1.73. The minimum absolute atomic E-state index is 0.110. The number of hydrogen-bond donors (Lipinski definition) is 1. The van der Waals surface area contributed by atoms with Crippen molar-refractivity contribution in [1.29, 1.82) is 0 Å². The molecule has 1 N–H and O–H groups in total. The van der Waals surface area contributed by atoms with Crippen LogP contribution in [0.2, 0.25) is 5.02 Å². The van der Waals surface area contributed by atoms with Crippen molar-refractivity contribution in [2.75, 3.05) is 19.0 Å². The third kappa shape index (κ3) is 3.70. The first kappa shape index (κ1) is 17.5. The number of anilines is 1. The Morgan fingerprint density at radius 2 is 1.96 bits per heavy atom. The number of pyridine rings is 1. The van der Waals surface area contributed by atoms with E-state index in [1.54, 1.807) is 24.3 Å². The van der Waals surface area contributed by atoms with Crippen LogP contribution in [0.15, 0.2) is 54.9 Å². The molecule has 1 heterocycles. The Balaban J connectivity index is 1.77. The number of aromatic nitrogens is 1. The molecule has 128 valence electrons. The fourth-order valence-corrected chi connectivity index (χ4v) is 3.14. The molecule has 1 amide bonds. The van der Waals surface area contributed by atoms with Crippen LogP contribution in [0.5, 0.6) is 0 Å². The van der Waals surface area contributed by atoms with Crippen molar-refractivity contribution in [2.45, 2.75) is 5.88 Å². The number of carbonyl (C=O) groups excluding carboxylic acids is 1. The number of rotatable bonds is 5. The summed E-state index contributed by atoms with van der Waals surface area (Å²) in [6.07, 6.45) is 3.35. The van der Waals surface area contributed by atoms with Crippen LogP contribution in [0.4, 0.5) is 5.69 Å². The zero-order chi connectivity index (χ0) is 17.8. The molecule has 0 aliphatic heterocycles. The van der Waals surface area contributed by atoms with Crippen molar-refractivity contribution in [3.8, 4) is 0 Å². The molecule has 1 aromatic heterocycles. The van der Waals surface area contributed by atoms with Crippen molar-refractivity contribution in [3.05, 3.63) is 71.0 Å². The predicted octanol–water partition coefficient (Wildman–Crippen LogP) is 4.77. The lowest BCUT2D eigenvalue weighted by molar-refractivity contribution is 0.0806.